The molecule has 134 valence electrons. The first kappa shape index (κ1) is 22.5. The first-order chi connectivity index (χ1) is 9.68. The molecule has 0 atom stereocenters. The van der Waals surface area contributed by atoms with Crippen molar-refractivity contribution >= 4 is 25.2 Å². The number of nitrogens with one attached hydrogen (secondary N) is 1. The average molecular weight is 368 g/mol. The van der Waals surface area contributed by atoms with Crippen molar-refractivity contribution in [2.45, 2.75) is 83.5 Å². The fraction of sp³-hybridized carbons (Fsp3) is 1.00. The van der Waals surface area contributed by atoms with Crippen molar-refractivity contribution in [2.75, 3.05) is 7.05 Å². The van der Waals surface area contributed by atoms with Gasteiger partial charge in [0.15, 0.2) is 16.6 Å². The topological polar surface area (TPSA) is 71.0 Å². The van der Waals surface area contributed by atoms with Crippen molar-refractivity contribution in [1.29, 1.82) is 0 Å². The number of hydrogen-bond acceptors (Lipinski definition) is 5. The predicted molar refractivity (Wildman–Crippen MR) is 100.0 cm³/mol. The van der Waals surface area contributed by atoms with E-state index in [1.165, 1.54) is 0 Å². The van der Waals surface area contributed by atoms with Gasteiger partial charge in [-0.2, -0.15) is 0 Å². The summed E-state index contributed by atoms with van der Waals surface area (Å²) in [4.78, 5) is 0. The molecule has 0 aromatic carbocycles. The fourth-order valence-electron chi connectivity index (χ4n) is 2.70. The maximum absolute atomic E-state index is 9.46. The van der Waals surface area contributed by atoms with Crippen molar-refractivity contribution in [3.63, 3.8) is 0 Å². The van der Waals surface area contributed by atoms with Crippen LogP contribution in [-0.2, 0) is 8.23 Å². The lowest BCUT2D eigenvalue weighted by atomic mass is 10.1. The van der Waals surface area contributed by atoms with Crippen molar-refractivity contribution < 1.29 is 18.4 Å². The molecule has 0 aliphatic heterocycles. The minimum Gasteiger partial charge on any atom is -0.437 e. The summed E-state index contributed by atoms with van der Waals surface area (Å²) in [6.07, 6.45) is 3.20. The molecule has 5 nitrogen and oxygen atoms in total. The van der Waals surface area contributed by atoms with Crippen LogP contribution in [0, 0.1) is 0 Å². The quantitative estimate of drug-likeness (QED) is 0.297. The van der Waals surface area contributed by atoms with Gasteiger partial charge < -0.3 is 18.4 Å². The third-order valence-corrected chi connectivity index (χ3v) is 13.4. The third kappa shape index (κ3) is 11.9. The minimum atomic E-state index is -2.04. The summed E-state index contributed by atoms with van der Waals surface area (Å²) in [6.45, 7) is 15.4. The van der Waals surface area contributed by atoms with E-state index in [4.69, 9.17) is 8.23 Å². The molecule has 0 saturated heterocycles. The van der Waals surface area contributed by atoms with Gasteiger partial charge in [-0.25, -0.2) is 0 Å². The SMILES string of the molecule is CNC(O)(O)CCCCC[Si](C)(C)O[Si](C)(C)O[Si](C)(C)C. The highest BCUT2D eigenvalue weighted by Gasteiger charge is 2.37. The molecule has 0 fully saturated rings. The van der Waals surface area contributed by atoms with Crippen LogP contribution in [0.4, 0.5) is 0 Å². The van der Waals surface area contributed by atoms with Crippen LogP contribution < -0.4 is 5.32 Å². The average Bonchev–Trinajstić information content (AvgIpc) is 2.23. The van der Waals surface area contributed by atoms with Gasteiger partial charge in [-0.05, 0) is 65.3 Å². The fourth-order valence-corrected chi connectivity index (χ4v) is 16.0. The van der Waals surface area contributed by atoms with Gasteiger partial charge in [0.25, 0.3) is 0 Å². The highest BCUT2D eigenvalue weighted by molar-refractivity contribution is 6.87. The molecule has 0 saturated carbocycles. The highest BCUT2D eigenvalue weighted by Crippen LogP contribution is 2.24. The van der Waals surface area contributed by atoms with E-state index in [1.54, 1.807) is 7.05 Å². The van der Waals surface area contributed by atoms with Gasteiger partial charge in [-0.15, -0.1) is 0 Å². The summed E-state index contributed by atoms with van der Waals surface area (Å²) in [5, 5.41) is 21.4. The van der Waals surface area contributed by atoms with E-state index >= 15 is 0 Å². The second kappa shape index (κ2) is 8.52. The molecule has 0 unspecified atom stereocenters. The van der Waals surface area contributed by atoms with E-state index in [0.29, 0.717) is 6.42 Å². The van der Waals surface area contributed by atoms with E-state index in [0.717, 1.165) is 25.3 Å². The summed E-state index contributed by atoms with van der Waals surface area (Å²) >= 11 is 0. The van der Waals surface area contributed by atoms with Gasteiger partial charge in [-0.1, -0.05) is 12.8 Å². The maximum atomic E-state index is 9.46. The molecule has 0 rings (SSSR count). The lowest BCUT2D eigenvalue weighted by Gasteiger charge is -2.37. The zero-order valence-corrected chi connectivity index (χ0v) is 18.7. The monoisotopic (exact) mass is 367 g/mol. The largest absolute Gasteiger partial charge is 0.437 e. The number of rotatable bonds is 11. The summed E-state index contributed by atoms with van der Waals surface area (Å²) < 4.78 is 12.7. The van der Waals surface area contributed by atoms with Crippen molar-refractivity contribution in [3.8, 4) is 0 Å². The van der Waals surface area contributed by atoms with Crippen LogP contribution >= 0.6 is 0 Å². The normalized spacial score (nSPS) is 14.5. The summed E-state index contributed by atoms with van der Waals surface area (Å²) in [5.41, 5.74) is 0. The van der Waals surface area contributed by atoms with E-state index in [1.807, 2.05) is 0 Å². The summed E-state index contributed by atoms with van der Waals surface area (Å²) in [5.74, 6) is -1.73. The van der Waals surface area contributed by atoms with Gasteiger partial charge in [-0.3, -0.25) is 5.32 Å². The molecule has 0 radical (unpaired) electrons. The molecule has 0 heterocycles. The minimum absolute atomic E-state index is 0.352. The molecule has 0 bridgehead atoms. The van der Waals surface area contributed by atoms with Gasteiger partial charge in [0.2, 0.25) is 5.91 Å². The summed E-state index contributed by atoms with van der Waals surface area (Å²) in [6, 6.07) is 1.09. The van der Waals surface area contributed by atoms with E-state index in [-0.39, 0.29) is 0 Å². The standard InChI is InChI=1S/C14H37NO4Si3/c1-15-14(16,17)12-10-9-11-13-21(5,6)19-22(7,8)18-20(2,3)4/h15-17H,9-13H2,1-8H3. The molecule has 22 heavy (non-hydrogen) atoms. The summed E-state index contributed by atoms with van der Waals surface area (Å²) in [7, 11) is -3.78. The Kier molecular flexibility index (Phi) is 8.69. The zero-order chi connectivity index (χ0) is 17.7. The highest BCUT2D eigenvalue weighted by atomic mass is 28.5. The Morgan fingerprint density at radius 1 is 0.864 bits per heavy atom. The second-order valence-corrected chi connectivity index (χ2v) is 20.8. The predicted octanol–water partition coefficient (Wildman–Crippen LogP) is 3.18. The molecular formula is C14H37NO4Si3. The number of aliphatic hydroxyl groups is 2. The Morgan fingerprint density at radius 3 is 1.86 bits per heavy atom. The van der Waals surface area contributed by atoms with Gasteiger partial charge in [0.1, 0.15) is 0 Å². The molecule has 0 spiro atoms. The molecular weight excluding hydrogens is 330 g/mol. The maximum Gasteiger partial charge on any atom is 0.311 e. The Hall–Kier alpha value is 0.451. The van der Waals surface area contributed by atoms with Crippen LogP contribution in [0.15, 0.2) is 0 Å². The van der Waals surface area contributed by atoms with Gasteiger partial charge in [0.05, 0.1) is 0 Å². The van der Waals surface area contributed by atoms with Crippen LogP contribution in [0.3, 0.4) is 0 Å². The zero-order valence-electron chi connectivity index (χ0n) is 15.7. The Morgan fingerprint density at radius 2 is 1.41 bits per heavy atom. The Balaban J connectivity index is 4.14. The van der Waals surface area contributed by atoms with Crippen molar-refractivity contribution in [1.82, 2.24) is 5.32 Å². The number of hydrogen-bond donors (Lipinski definition) is 3. The molecule has 0 aromatic rings. The van der Waals surface area contributed by atoms with Crippen molar-refractivity contribution in [2.24, 2.45) is 0 Å². The molecule has 0 aliphatic carbocycles. The van der Waals surface area contributed by atoms with E-state index in [9.17, 15) is 10.2 Å². The first-order valence-corrected chi connectivity index (χ1v) is 17.6. The van der Waals surface area contributed by atoms with Crippen LogP contribution in [0.5, 0.6) is 0 Å². The lowest BCUT2D eigenvalue weighted by Crippen LogP contribution is -2.51. The third-order valence-electron chi connectivity index (χ3n) is 3.28. The second-order valence-electron chi connectivity index (χ2n) is 8.10. The number of unbranched alkanes of at least 4 members (excludes halogenated alkanes) is 2. The Labute approximate surface area is 139 Å². The molecule has 0 aromatic heterocycles. The van der Waals surface area contributed by atoms with Crippen molar-refractivity contribution in [3.05, 3.63) is 0 Å². The van der Waals surface area contributed by atoms with Crippen LogP contribution in [0.2, 0.25) is 51.9 Å². The molecule has 8 heteroatoms. The van der Waals surface area contributed by atoms with E-state index < -0.39 is 31.1 Å². The Bertz CT molecular complexity index is 331. The first-order valence-electron chi connectivity index (χ1n) is 8.22. The van der Waals surface area contributed by atoms with Gasteiger partial charge in [0, 0.05) is 6.42 Å². The molecule has 3 N–H and O–H groups in total. The van der Waals surface area contributed by atoms with Gasteiger partial charge >= 0.3 is 8.56 Å². The van der Waals surface area contributed by atoms with Crippen LogP contribution in [0.1, 0.15) is 25.7 Å². The smallest absolute Gasteiger partial charge is 0.311 e. The van der Waals surface area contributed by atoms with E-state index in [2.05, 4.69) is 51.1 Å². The van der Waals surface area contributed by atoms with Crippen LogP contribution in [-0.4, -0.2) is 48.4 Å². The molecule has 0 aliphatic rings. The lowest BCUT2D eigenvalue weighted by molar-refractivity contribution is -0.186. The van der Waals surface area contributed by atoms with Crippen LogP contribution in [0.25, 0.3) is 0 Å². The molecule has 0 amide bonds.